The highest BCUT2D eigenvalue weighted by Crippen LogP contribution is 2.36. The summed E-state index contributed by atoms with van der Waals surface area (Å²) in [6.07, 6.45) is -0.243. The summed E-state index contributed by atoms with van der Waals surface area (Å²) in [4.78, 5) is 9.62. The number of rotatable bonds is 9. The lowest BCUT2D eigenvalue weighted by Gasteiger charge is -2.22. The third-order valence-corrected chi connectivity index (χ3v) is 4.15. The molecule has 0 amide bonds. The lowest BCUT2D eigenvalue weighted by Crippen LogP contribution is -2.21. The van der Waals surface area contributed by atoms with E-state index in [1.165, 1.54) is 0 Å². The molecule has 0 spiro atoms. The van der Waals surface area contributed by atoms with Gasteiger partial charge in [-0.15, -0.1) is 0 Å². The Balaban J connectivity index is 2.29. The molecule has 0 aliphatic rings. The summed E-state index contributed by atoms with van der Waals surface area (Å²) >= 11 is 0. The number of unbranched alkanes of at least 4 members (excludes halogenated alkanes) is 3. The minimum atomic E-state index is -4.59. The molecule has 28 heavy (non-hydrogen) atoms. The van der Waals surface area contributed by atoms with Gasteiger partial charge in [-0.1, -0.05) is 26.2 Å². The minimum absolute atomic E-state index is 0.115. The number of halogens is 3. The molecule has 2 rings (SSSR count). The molecule has 0 fully saturated rings. The van der Waals surface area contributed by atoms with Gasteiger partial charge in [0, 0.05) is 18.4 Å². The van der Waals surface area contributed by atoms with Gasteiger partial charge in [-0.3, -0.25) is 0 Å². The van der Waals surface area contributed by atoms with Gasteiger partial charge in [0.1, 0.15) is 5.56 Å². The predicted octanol–water partition coefficient (Wildman–Crippen LogP) is 5.48. The van der Waals surface area contributed by atoms with Crippen molar-refractivity contribution in [1.29, 1.82) is 5.26 Å². The number of ether oxygens (including phenoxy) is 1. The second kappa shape index (κ2) is 9.93. The van der Waals surface area contributed by atoms with Crippen molar-refractivity contribution in [2.45, 2.75) is 45.7 Å². The van der Waals surface area contributed by atoms with Crippen LogP contribution in [-0.4, -0.2) is 23.1 Å². The molecule has 0 aliphatic heterocycles. The summed E-state index contributed by atoms with van der Waals surface area (Å²) in [5.74, 6) is -0.343. The van der Waals surface area contributed by atoms with E-state index in [1.54, 1.807) is 29.2 Å². The van der Waals surface area contributed by atoms with Gasteiger partial charge in [-0.05, 0) is 37.6 Å². The van der Waals surface area contributed by atoms with E-state index in [0.717, 1.165) is 25.5 Å². The number of benzene rings is 1. The van der Waals surface area contributed by atoms with E-state index in [0.29, 0.717) is 24.2 Å². The third kappa shape index (κ3) is 5.59. The topological polar surface area (TPSA) is 62.0 Å². The molecule has 0 atom stereocenters. The van der Waals surface area contributed by atoms with Crippen LogP contribution in [0.25, 0.3) is 0 Å². The molecule has 0 unspecified atom stereocenters. The molecule has 0 radical (unpaired) electrons. The van der Waals surface area contributed by atoms with E-state index < -0.39 is 17.6 Å². The van der Waals surface area contributed by atoms with Crippen molar-refractivity contribution in [3.63, 3.8) is 0 Å². The highest BCUT2D eigenvalue weighted by Gasteiger charge is 2.36. The summed E-state index contributed by atoms with van der Waals surface area (Å²) in [5, 5.41) is 8.91. The molecule has 5 nitrogen and oxygen atoms in total. The Hall–Kier alpha value is -2.82. The van der Waals surface area contributed by atoms with Crippen molar-refractivity contribution in [2.75, 3.05) is 18.1 Å². The first kappa shape index (κ1) is 21.5. The monoisotopic (exact) mass is 392 g/mol. The van der Waals surface area contributed by atoms with E-state index in [-0.39, 0.29) is 12.6 Å². The van der Waals surface area contributed by atoms with E-state index in [2.05, 4.69) is 16.9 Å². The Morgan fingerprint density at radius 3 is 2.39 bits per heavy atom. The first-order valence-electron chi connectivity index (χ1n) is 9.25. The smallest absolute Gasteiger partial charge is 0.423 e. The molecular formula is C20H23F3N4O. The SMILES string of the molecule is CCCCCCOc1nc(N(CC)c2ccc(C#N)cc2)ncc1C(F)(F)F. The van der Waals surface area contributed by atoms with Gasteiger partial charge in [0.2, 0.25) is 11.8 Å². The highest BCUT2D eigenvalue weighted by atomic mass is 19.4. The zero-order chi connectivity index (χ0) is 20.6. The Bertz CT molecular complexity index is 801. The molecule has 8 heteroatoms. The molecule has 1 heterocycles. The largest absolute Gasteiger partial charge is 0.477 e. The third-order valence-electron chi connectivity index (χ3n) is 4.15. The Labute approximate surface area is 162 Å². The van der Waals surface area contributed by atoms with Crippen molar-refractivity contribution in [1.82, 2.24) is 9.97 Å². The van der Waals surface area contributed by atoms with E-state index in [4.69, 9.17) is 10.00 Å². The normalized spacial score (nSPS) is 11.1. The molecule has 0 aliphatic carbocycles. The predicted molar refractivity (Wildman–Crippen MR) is 101 cm³/mol. The van der Waals surface area contributed by atoms with Crippen LogP contribution in [0.4, 0.5) is 24.8 Å². The molecule has 1 aromatic carbocycles. The zero-order valence-corrected chi connectivity index (χ0v) is 16.0. The van der Waals surface area contributed by atoms with E-state index >= 15 is 0 Å². The van der Waals surface area contributed by atoms with Crippen LogP contribution in [0, 0.1) is 11.3 Å². The van der Waals surface area contributed by atoms with Crippen molar-refractivity contribution in [3.05, 3.63) is 41.6 Å². The Kier molecular flexibility index (Phi) is 7.61. The standard InChI is InChI=1S/C20H23F3N4O/c1-3-5-6-7-12-28-18-17(20(21,22)23)14-25-19(26-18)27(4-2)16-10-8-15(13-24)9-11-16/h8-11,14H,3-7,12H2,1-2H3. The minimum Gasteiger partial charge on any atom is -0.477 e. The summed E-state index contributed by atoms with van der Waals surface area (Å²) in [5.41, 5.74) is 0.182. The van der Waals surface area contributed by atoms with Crippen molar-refractivity contribution < 1.29 is 17.9 Å². The second-order valence-electron chi connectivity index (χ2n) is 6.20. The van der Waals surface area contributed by atoms with Gasteiger partial charge >= 0.3 is 6.18 Å². The van der Waals surface area contributed by atoms with Crippen LogP contribution >= 0.6 is 0 Å². The van der Waals surface area contributed by atoms with E-state index in [1.807, 2.05) is 13.0 Å². The number of nitrogens with zero attached hydrogens (tertiary/aromatic N) is 4. The number of anilines is 2. The maximum atomic E-state index is 13.3. The van der Waals surface area contributed by atoms with Crippen molar-refractivity contribution >= 4 is 11.6 Å². The highest BCUT2D eigenvalue weighted by molar-refractivity contribution is 5.59. The molecule has 150 valence electrons. The van der Waals surface area contributed by atoms with Gasteiger partial charge in [-0.25, -0.2) is 4.98 Å². The van der Waals surface area contributed by atoms with Gasteiger partial charge in [0.25, 0.3) is 0 Å². The summed E-state index contributed by atoms with van der Waals surface area (Å²) in [6.45, 7) is 4.50. The van der Waals surface area contributed by atoms with Gasteiger partial charge in [0.15, 0.2) is 0 Å². The van der Waals surface area contributed by atoms with Gasteiger partial charge in [0.05, 0.1) is 18.2 Å². The maximum Gasteiger partial charge on any atom is 0.423 e. The number of hydrogen-bond acceptors (Lipinski definition) is 5. The van der Waals surface area contributed by atoms with Crippen LogP contribution in [0.15, 0.2) is 30.5 Å². The summed E-state index contributed by atoms with van der Waals surface area (Å²) in [6, 6.07) is 8.70. The van der Waals surface area contributed by atoms with E-state index in [9.17, 15) is 13.2 Å². The first-order chi connectivity index (χ1) is 13.4. The van der Waals surface area contributed by atoms with Gasteiger partial charge < -0.3 is 9.64 Å². The first-order valence-corrected chi connectivity index (χ1v) is 9.25. The van der Waals surface area contributed by atoms with Crippen LogP contribution in [0.5, 0.6) is 5.88 Å². The number of hydrogen-bond donors (Lipinski definition) is 0. The van der Waals surface area contributed by atoms with Crippen LogP contribution < -0.4 is 9.64 Å². The average Bonchev–Trinajstić information content (AvgIpc) is 2.68. The number of alkyl halides is 3. The second-order valence-corrected chi connectivity index (χ2v) is 6.20. The maximum absolute atomic E-state index is 13.3. The van der Waals surface area contributed by atoms with Crippen LogP contribution in [0.3, 0.4) is 0 Å². The number of aromatic nitrogens is 2. The quantitative estimate of drug-likeness (QED) is 0.529. The zero-order valence-electron chi connectivity index (χ0n) is 16.0. The fourth-order valence-electron chi connectivity index (χ4n) is 2.64. The lowest BCUT2D eigenvalue weighted by atomic mass is 10.2. The summed E-state index contributed by atoms with van der Waals surface area (Å²) in [7, 11) is 0. The lowest BCUT2D eigenvalue weighted by molar-refractivity contribution is -0.139. The molecule has 2 aromatic rings. The Morgan fingerprint density at radius 1 is 1.11 bits per heavy atom. The molecule has 1 aromatic heterocycles. The molecule has 0 saturated heterocycles. The fraction of sp³-hybridized carbons (Fsp3) is 0.450. The van der Waals surface area contributed by atoms with Crippen LogP contribution in [-0.2, 0) is 6.18 Å². The summed E-state index contributed by atoms with van der Waals surface area (Å²) < 4.78 is 45.3. The van der Waals surface area contributed by atoms with Crippen LogP contribution in [0.1, 0.15) is 50.7 Å². The van der Waals surface area contributed by atoms with Gasteiger partial charge in [-0.2, -0.15) is 23.4 Å². The average molecular weight is 392 g/mol. The fourth-order valence-corrected chi connectivity index (χ4v) is 2.64. The molecule has 0 saturated carbocycles. The Morgan fingerprint density at radius 2 is 1.82 bits per heavy atom. The molecular weight excluding hydrogens is 369 g/mol. The molecule has 0 bridgehead atoms. The molecule has 0 N–H and O–H groups in total. The van der Waals surface area contributed by atoms with Crippen molar-refractivity contribution in [2.24, 2.45) is 0 Å². The van der Waals surface area contributed by atoms with Crippen molar-refractivity contribution in [3.8, 4) is 11.9 Å². The van der Waals surface area contributed by atoms with Crippen LogP contribution in [0.2, 0.25) is 0 Å². The number of nitriles is 1.